The van der Waals surface area contributed by atoms with Crippen molar-refractivity contribution >= 4 is 23.2 Å². The molecule has 0 saturated heterocycles. The van der Waals surface area contributed by atoms with Crippen LogP contribution < -0.4 is 10.6 Å². The fourth-order valence-electron chi connectivity index (χ4n) is 5.16. The summed E-state index contributed by atoms with van der Waals surface area (Å²) in [6.45, 7) is 0.988. The predicted octanol–water partition coefficient (Wildman–Crippen LogP) is 2.73. The SMILES string of the molecule is CN1CC=C2C(C#N)=C(NC(=S)NC(=O)Cc3ccccc3)C(C#N)(C#N)[C@H](c3ccc(O)c(O)c3)[C@@H]2C1. The average molecular weight is 525 g/mol. The zero-order chi connectivity index (χ0) is 27.4. The Labute approximate surface area is 225 Å². The number of nitrogens with zero attached hydrogens (tertiary/aromatic N) is 4. The first-order valence-corrected chi connectivity index (χ1v) is 12.2. The third kappa shape index (κ3) is 4.81. The number of nitrogens with one attached hydrogen (secondary N) is 2. The van der Waals surface area contributed by atoms with Crippen molar-refractivity contribution in [3.8, 4) is 29.7 Å². The summed E-state index contributed by atoms with van der Waals surface area (Å²) in [5.41, 5.74) is 0.0141. The van der Waals surface area contributed by atoms with E-state index in [-0.39, 0.29) is 28.6 Å². The normalized spacial score (nSPS) is 20.1. The average Bonchev–Trinajstić information content (AvgIpc) is 2.90. The Morgan fingerprint density at radius 1 is 1.13 bits per heavy atom. The summed E-state index contributed by atoms with van der Waals surface area (Å²) in [6.07, 6.45) is 1.93. The number of rotatable bonds is 4. The Balaban J connectivity index is 1.79. The van der Waals surface area contributed by atoms with Crippen LogP contribution in [0.1, 0.15) is 17.0 Å². The van der Waals surface area contributed by atoms with Crippen LogP contribution >= 0.6 is 12.2 Å². The zero-order valence-corrected chi connectivity index (χ0v) is 21.3. The van der Waals surface area contributed by atoms with Crippen LogP contribution in [0, 0.1) is 45.3 Å². The zero-order valence-electron chi connectivity index (χ0n) is 20.5. The number of hydrogen-bond acceptors (Lipinski definition) is 8. The summed E-state index contributed by atoms with van der Waals surface area (Å²) in [7, 11) is 1.89. The van der Waals surface area contributed by atoms with Crippen LogP contribution in [-0.4, -0.2) is 46.3 Å². The maximum Gasteiger partial charge on any atom is 0.230 e. The van der Waals surface area contributed by atoms with E-state index < -0.39 is 28.9 Å². The molecule has 38 heavy (non-hydrogen) atoms. The number of allylic oxidation sites excluding steroid dienone is 2. The minimum atomic E-state index is -1.93. The second-order valence-corrected chi connectivity index (χ2v) is 9.68. The second kappa shape index (κ2) is 10.7. The summed E-state index contributed by atoms with van der Waals surface area (Å²) >= 11 is 5.38. The van der Waals surface area contributed by atoms with Gasteiger partial charge < -0.3 is 25.7 Å². The number of phenols is 2. The number of nitriles is 3. The molecule has 1 aliphatic heterocycles. The first-order chi connectivity index (χ1) is 18.2. The number of thiocarbonyl (C=S) groups is 1. The van der Waals surface area contributed by atoms with Crippen LogP contribution in [-0.2, 0) is 11.2 Å². The van der Waals surface area contributed by atoms with E-state index in [1.807, 2.05) is 36.2 Å². The molecule has 10 heteroatoms. The Morgan fingerprint density at radius 3 is 2.47 bits per heavy atom. The maximum atomic E-state index is 12.6. The summed E-state index contributed by atoms with van der Waals surface area (Å²) in [6, 6.07) is 19.6. The standard InChI is InChI=1S/C28H24N6O3S/c1-34-10-9-19-20(13-29)26(33-27(38)32-24(37)11-17-5-3-2-4-6-17)28(15-30,16-31)25(21(19)14-34)18-7-8-22(35)23(36)12-18/h2-9,12,21,25,35-36H,10-11,14H2,1H3,(H2,32,33,37,38)/t21-,25-/m1/s1. The van der Waals surface area contributed by atoms with E-state index in [9.17, 15) is 30.8 Å². The third-order valence-corrected chi connectivity index (χ3v) is 7.06. The molecule has 0 aromatic heterocycles. The molecular formula is C28H24N6O3S. The van der Waals surface area contributed by atoms with Crippen molar-refractivity contribution in [3.63, 3.8) is 0 Å². The van der Waals surface area contributed by atoms with Gasteiger partial charge in [0.1, 0.15) is 6.07 Å². The molecule has 2 aromatic carbocycles. The first-order valence-electron chi connectivity index (χ1n) is 11.8. The summed E-state index contributed by atoms with van der Waals surface area (Å²) in [5.74, 6) is -2.41. The Hall–Kier alpha value is -4.69. The number of carbonyl (C=O) groups is 1. The quantitative estimate of drug-likeness (QED) is 0.349. The van der Waals surface area contributed by atoms with Crippen LogP contribution in [0.5, 0.6) is 11.5 Å². The van der Waals surface area contributed by atoms with Crippen molar-refractivity contribution in [2.75, 3.05) is 20.1 Å². The minimum absolute atomic E-state index is 0.0281. The number of phenolic OH excluding ortho intramolecular Hbond substituents is 2. The van der Waals surface area contributed by atoms with Crippen molar-refractivity contribution in [3.05, 3.63) is 82.6 Å². The molecule has 4 rings (SSSR count). The molecular weight excluding hydrogens is 500 g/mol. The largest absolute Gasteiger partial charge is 0.504 e. The predicted molar refractivity (Wildman–Crippen MR) is 142 cm³/mol. The highest BCUT2D eigenvalue weighted by Crippen LogP contribution is 2.55. The fraction of sp³-hybridized carbons (Fsp3) is 0.250. The maximum absolute atomic E-state index is 12.6. The van der Waals surface area contributed by atoms with Gasteiger partial charge in [0.2, 0.25) is 5.91 Å². The van der Waals surface area contributed by atoms with Crippen molar-refractivity contribution in [1.29, 1.82) is 15.8 Å². The molecule has 1 heterocycles. The highest BCUT2D eigenvalue weighted by Gasteiger charge is 2.55. The lowest BCUT2D eigenvalue weighted by Gasteiger charge is -2.46. The monoisotopic (exact) mass is 524 g/mol. The summed E-state index contributed by atoms with van der Waals surface area (Å²) < 4.78 is 0. The van der Waals surface area contributed by atoms with Gasteiger partial charge in [-0.25, -0.2) is 0 Å². The first kappa shape index (κ1) is 26.4. The molecule has 0 saturated carbocycles. The highest BCUT2D eigenvalue weighted by atomic mass is 32.1. The number of likely N-dealkylation sites (N-methyl/N-ethyl adjacent to an activating group) is 1. The van der Waals surface area contributed by atoms with Gasteiger partial charge in [-0.2, -0.15) is 15.8 Å². The summed E-state index contributed by atoms with van der Waals surface area (Å²) in [5, 5.41) is 56.6. The molecule has 4 N–H and O–H groups in total. The molecule has 2 aliphatic rings. The Kier molecular flexibility index (Phi) is 7.45. The van der Waals surface area contributed by atoms with Crippen molar-refractivity contribution in [1.82, 2.24) is 15.5 Å². The van der Waals surface area contributed by atoms with Crippen LogP contribution in [0.3, 0.4) is 0 Å². The van der Waals surface area contributed by atoms with E-state index in [1.165, 1.54) is 12.1 Å². The van der Waals surface area contributed by atoms with Crippen LogP contribution in [0.4, 0.5) is 0 Å². The number of amides is 1. The second-order valence-electron chi connectivity index (χ2n) is 9.27. The molecule has 2 atom stereocenters. The molecule has 0 fully saturated rings. The van der Waals surface area contributed by atoms with Gasteiger partial charge in [-0.3, -0.25) is 4.79 Å². The van der Waals surface area contributed by atoms with Crippen LogP contribution in [0.2, 0.25) is 0 Å². The lowest BCUT2D eigenvalue weighted by molar-refractivity contribution is -0.119. The Bertz CT molecular complexity index is 1460. The molecule has 9 nitrogen and oxygen atoms in total. The number of hydrogen-bond donors (Lipinski definition) is 4. The van der Waals surface area contributed by atoms with E-state index in [0.29, 0.717) is 24.2 Å². The van der Waals surface area contributed by atoms with Crippen LogP contribution in [0.15, 0.2) is 71.5 Å². The van der Waals surface area contributed by atoms with Crippen molar-refractivity contribution < 1.29 is 15.0 Å². The molecule has 190 valence electrons. The van der Waals surface area contributed by atoms with Crippen molar-refractivity contribution in [2.45, 2.75) is 12.3 Å². The molecule has 2 aromatic rings. The lowest BCUT2D eigenvalue weighted by Crippen LogP contribution is -2.51. The molecule has 0 unspecified atom stereocenters. The van der Waals surface area contributed by atoms with E-state index in [0.717, 1.165) is 5.56 Å². The molecule has 0 bridgehead atoms. The topological polar surface area (TPSA) is 156 Å². The minimum Gasteiger partial charge on any atom is -0.504 e. The van der Waals surface area contributed by atoms with E-state index >= 15 is 0 Å². The summed E-state index contributed by atoms with van der Waals surface area (Å²) in [4.78, 5) is 14.6. The lowest BCUT2D eigenvalue weighted by atomic mass is 9.58. The van der Waals surface area contributed by atoms with Gasteiger partial charge in [-0.15, -0.1) is 0 Å². The van der Waals surface area contributed by atoms with Gasteiger partial charge >= 0.3 is 0 Å². The van der Waals surface area contributed by atoms with Gasteiger partial charge in [-0.05, 0) is 48.1 Å². The molecule has 0 radical (unpaired) electrons. The van der Waals surface area contributed by atoms with Crippen molar-refractivity contribution in [2.24, 2.45) is 11.3 Å². The van der Waals surface area contributed by atoms with Gasteiger partial charge in [0.25, 0.3) is 0 Å². The number of benzene rings is 2. The molecule has 0 spiro atoms. The highest BCUT2D eigenvalue weighted by molar-refractivity contribution is 7.80. The van der Waals surface area contributed by atoms with Gasteiger partial charge in [0.15, 0.2) is 22.0 Å². The third-order valence-electron chi connectivity index (χ3n) is 6.85. The molecule has 1 aliphatic carbocycles. The fourth-order valence-corrected chi connectivity index (χ4v) is 5.37. The number of aromatic hydroxyl groups is 2. The number of fused-ring (bicyclic) bond motifs is 1. The van der Waals surface area contributed by atoms with Gasteiger partial charge in [0, 0.05) is 24.9 Å². The number of carbonyl (C=O) groups excluding carboxylic acids is 1. The Morgan fingerprint density at radius 2 is 1.84 bits per heavy atom. The van der Waals surface area contributed by atoms with E-state index in [4.69, 9.17) is 12.2 Å². The molecule has 1 amide bonds. The van der Waals surface area contributed by atoms with E-state index in [1.54, 1.807) is 18.2 Å². The van der Waals surface area contributed by atoms with Crippen LogP contribution in [0.25, 0.3) is 0 Å². The van der Waals surface area contributed by atoms with E-state index in [2.05, 4.69) is 28.8 Å². The smallest absolute Gasteiger partial charge is 0.230 e. The van der Waals surface area contributed by atoms with Gasteiger partial charge in [-0.1, -0.05) is 42.5 Å². The van der Waals surface area contributed by atoms with Gasteiger partial charge in [0.05, 0.1) is 29.8 Å².